The molecule has 0 atom stereocenters. The Labute approximate surface area is 167 Å². The third-order valence-corrected chi connectivity index (χ3v) is 5.69. The zero-order valence-corrected chi connectivity index (χ0v) is 17.1. The highest BCUT2D eigenvalue weighted by Crippen LogP contribution is 2.17. The smallest absolute Gasteiger partial charge is 0.254 e. The van der Waals surface area contributed by atoms with Crippen molar-refractivity contribution in [1.82, 2.24) is 9.80 Å². The van der Waals surface area contributed by atoms with Crippen molar-refractivity contribution in [2.45, 2.75) is 33.2 Å². The Morgan fingerprint density at radius 1 is 1.07 bits per heavy atom. The van der Waals surface area contributed by atoms with Crippen LogP contribution in [-0.4, -0.2) is 41.9 Å². The highest BCUT2D eigenvalue weighted by Gasteiger charge is 2.20. The fraction of sp³-hybridized carbons (Fsp3) is 0.435. The predicted molar refractivity (Wildman–Crippen MR) is 112 cm³/mol. The quantitative estimate of drug-likeness (QED) is 0.697. The summed E-state index contributed by atoms with van der Waals surface area (Å²) in [6, 6.07) is 15.6. The van der Waals surface area contributed by atoms with Gasteiger partial charge >= 0.3 is 0 Å². The van der Waals surface area contributed by atoms with E-state index in [1.165, 1.54) is 18.4 Å². The minimum atomic E-state index is 0.0929. The Kier molecular flexibility index (Phi) is 6.92. The van der Waals surface area contributed by atoms with E-state index < -0.39 is 0 Å². The summed E-state index contributed by atoms with van der Waals surface area (Å²) in [5.41, 5.74) is 3.02. The lowest BCUT2D eigenvalue weighted by Crippen LogP contribution is -2.41. The molecule has 1 aliphatic heterocycles. The largest absolute Gasteiger partial charge is 0.333 e. The average Bonchev–Trinajstić information content (AvgIpc) is 2.68. The van der Waals surface area contributed by atoms with Crippen molar-refractivity contribution in [3.05, 3.63) is 70.2 Å². The van der Waals surface area contributed by atoms with E-state index in [4.69, 9.17) is 11.6 Å². The average molecular weight is 385 g/mol. The van der Waals surface area contributed by atoms with Crippen LogP contribution < -0.4 is 0 Å². The van der Waals surface area contributed by atoms with Crippen molar-refractivity contribution in [1.29, 1.82) is 0 Å². The number of benzene rings is 2. The number of carbonyl (C=O) groups is 1. The van der Waals surface area contributed by atoms with E-state index in [2.05, 4.69) is 11.8 Å². The van der Waals surface area contributed by atoms with E-state index in [1.807, 2.05) is 60.4 Å². The molecule has 4 heteroatoms. The van der Waals surface area contributed by atoms with Crippen molar-refractivity contribution in [3.8, 4) is 0 Å². The fourth-order valence-corrected chi connectivity index (χ4v) is 3.62. The molecule has 3 rings (SSSR count). The van der Waals surface area contributed by atoms with Crippen LogP contribution in [0.25, 0.3) is 0 Å². The number of likely N-dealkylation sites (tertiary alicyclic amines) is 1. The highest BCUT2D eigenvalue weighted by atomic mass is 35.5. The third kappa shape index (κ3) is 5.82. The van der Waals surface area contributed by atoms with Gasteiger partial charge in [-0.05, 0) is 68.6 Å². The van der Waals surface area contributed by atoms with Gasteiger partial charge in [0.15, 0.2) is 0 Å². The minimum Gasteiger partial charge on any atom is -0.333 e. The number of piperidine rings is 1. The normalized spacial score (nSPS) is 15.7. The molecule has 0 aliphatic carbocycles. The van der Waals surface area contributed by atoms with Crippen molar-refractivity contribution >= 4 is 17.5 Å². The van der Waals surface area contributed by atoms with Gasteiger partial charge in [0.1, 0.15) is 0 Å². The zero-order valence-electron chi connectivity index (χ0n) is 16.3. The molecule has 144 valence electrons. The number of halogens is 1. The monoisotopic (exact) mass is 384 g/mol. The van der Waals surface area contributed by atoms with E-state index in [1.54, 1.807) is 0 Å². The highest BCUT2D eigenvalue weighted by molar-refractivity contribution is 6.30. The zero-order chi connectivity index (χ0) is 19.2. The lowest BCUT2D eigenvalue weighted by Gasteiger charge is -2.32. The number of amides is 1. The summed E-state index contributed by atoms with van der Waals surface area (Å²) in [6.45, 7) is 8.90. The van der Waals surface area contributed by atoms with Crippen LogP contribution in [0, 0.1) is 12.8 Å². The summed E-state index contributed by atoms with van der Waals surface area (Å²) in [4.78, 5) is 17.6. The Morgan fingerprint density at radius 2 is 1.70 bits per heavy atom. The molecule has 1 fully saturated rings. The summed E-state index contributed by atoms with van der Waals surface area (Å²) >= 11 is 6.01. The molecule has 2 aromatic carbocycles. The van der Waals surface area contributed by atoms with E-state index in [0.717, 1.165) is 48.2 Å². The molecule has 2 aromatic rings. The maximum absolute atomic E-state index is 13.1. The van der Waals surface area contributed by atoms with Gasteiger partial charge in [-0.2, -0.15) is 0 Å². The standard InChI is InChI=1S/C23H29ClN2O/c1-18-3-7-21(8-4-18)23(27)26(17-20-5-9-22(24)10-6-20)16-15-25-13-11-19(2)12-14-25/h3-10,19H,11-17H2,1-2H3. The number of rotatable bonds is 6. The Balaban J connectivity index is 1.70. The number of nitrogens with zero attached hydrogens (tertiary/aromatic N) is 2. The number of carbonyl (C=O) groups excluding carboxylic acids is 1. The number of hydrogen-bond donors (Lipinski definition) is 0. The molecule has 0 N–H and O–H groups in total. The molecule has 27 heavy (non-hydrogen) atoms. The minimum absolute atomic E-state index is 0.0929. The van der Waals surface area contributed by atoms with E-state index in [0.29, 0.717) is 6.54 Å². The molecule has 0 bridgehead atoms. The predicted octanol–water partition coefficient (Wildman–Crippen LogP) is 5.02. The first-order chi connectivity index (χ1) is 13.0. The van der Waals surface area contributed by atoms with Crippen LogP contribution in [0.4, 0.5) is 0 Å². The fourth-order valence-electron chi connectivity index (χ4n) is 3.49. The van der Waals surface area contributed by atoms with Gasteiger partial charge in [-0.15, -0.1) is 0 Å². The molecule has 1 aliphatic rings. The van der Waals surface area contributed by atoms with Gasteiger partial charge in [0.05, 0.1) is 0 Å². The second-order valence-corrected chi connectivity index (χ2v) is 8.18. The van der Waals surface area contributed by atoms with Crippen molar-refractivity contribution < 1.29 is 4.79 Å². The molecule has 1 amide bonds. The summed E-state index contributed by atoms with van der Waals surface area (Å²) in [5, 5.41) is 0.720. The maximum atomic E-state index is 13.1. The molecule has 0 aromatic heterocycles. The SMILES string of the molecule is Cc1ccc(C(=O)N(CCN2CCC(C)CC2)Cc2ccc(Cl)cc2)cc1. The molecule has 3 nitrogen and oxygen atoms in total. The molecule has 0 unspecified atom stereocenters. The van der Waals surface area contributed by atoms with E-state index in [-0.39, 0.29) is 5.91 Å². The van der Waals surface area contributed by atoms with Crippen LogP contribution in [-0.2, 0) is 6.54 Å². The number of aryl methyl sites for hydroxylation is 1. The molecule has 0 spiro atoms. The van der Waals surface area contributed by atoms with Gasteiger partial charge in [0, 0.05) is 30.2 Å². The summed E-state index contributed by atoms with van der Waals surface area (Å²) in [7, 11) is 0. The van der Waals surface area contributed by atoms with Crippen molar-refractivity contribution in [2.75, 3.05) is 26.2 Å². The first-order valence-electron chi connectivity index (χ1n) is 9.84. The van der Waals surface area contributed by atoms with Crippen LogP contribution in [0.2, 0.25) is 5.02 Å². The summed E-state index contributed by atoms with van der Waals surface area (Å²) < 4.78 is 0. The van der Waals surface area contributed by atoms with Gasteiger partial charge in [-0.25, -0.2) is 0 Å². The Morgan fingerprint density at radius 3 is 2.33 bits per heavy atom. The molecular weight excluding hydrogens is 356 g/mol. The van der Waals surface area contributed by atoms with Gasteiger partial charge in [-0.3, -0.25) is 4.79 Å². The van der Waals surface area contributed by atoms with Crippen LogP contribution >= 0.6 is 11.6 Å². The van der Waals surface area contributed by atoms with Gasteiger partial charge in [0.25, 0.3) is 5.91 Å². The molecular formula is C23H29ClN2O. The number of hydrogen-bond acceptors (Lipinski definition) is 2. The second kappa shape index (κ2) is 9.38. The van der Waals surface area contributed by atoms with Crippen molar-refractivity contribution in [3.63, 3.8) is 0 Å². The van der Waals surface area contributed by atoms with Crippen molar-refractivity contribution in [2.24, 2.45) is 5.92 Å². The van der Waals surface area contributed by atoms with E-state index in [9.17, 15) is 4.79 Å². The first-order valence-corrected chi connectivity index (χ1v) is 10.2. The van der Waals surface area contributed by atoms with Crippen LogP contribution in [0.1, 0.15) is 41.3 Å². The lowest BCUT2D eigenvalue weighted by molar-refractivity contribution is 0.0709. The van der Waals surface area contributed by atoms with Gasteiger partial charge in [-0.1, -0.05) is 48.4 Å². The van der Waals surface area contributed by atoms with Crippen LogP contribution in [0.5, 0.6) is 0 Å². The van der Waals surface area contributed by atoms with E-state index >= 15 is 0 Å². The second-order valence-electron chi connectivity index (χ2n) is 7.74. The van der Waals surface area contributed by atoms with Gasteiger partial charge < -0.3 is 9.80 Å². The Bertz CT molecular complexity index is 734. The lowest BCUT2D eigenvalue weighted by atomic mass is 9.99. The molecule has 0 radical (unpaired) electrons. The summed E-state index contributed by atoms with van der Waals surface area (Å²) in [5.74, 6) is 0.913. The third-order valence-electron chi connectivity index (χ3n) is 5.43. The Hall–Kier alpha value is -1.84. The van der Waals surface area contributed by atoms with Gasteiger partial charge in [0.2, 0.25) is 0 Å². The molecule has 1 saturated heterocycles. The topological polar surface area (TPSA) is 23.6 Å². The van der Waals surface area contributed by atoms with Crippen LogP contribution in [0.15, 0.2) is 48.5 Å². The molecule has 0 saturated carbocycles. The van der Waals surface area contributed by atoms with Crippen LogP contribution in [0.3, 0.4) is 0 Å². The molecule has 1 heterocycles. The maximum Gasteiger partial charge on any atom is 0.254 e. The first kappa shape index (κ1) is 19.9. The summed E-state index contributed by atoms with van der Waals surface area (Å²) in [6.07, 6.45) is 2.51.